The summed E-state index contributed by atoms with van der Waals surface area (Å²) in [6.45, 7) is 12.5. The highest BCUT2D eigenvalue weighted by Crippen LogP contribution is 2.24. The zero-order valence-corrected chi connectivity index (χ0v) is 10.3. The van der Waals surface area contributed by atoms with Crippen LogP contribution in [0.4, 0.5) is 0 Å². The van der Waals surface area contributed by atoms with Crippen molar-refractivity contribution in [2.24, 2.45) is 0 Å². The van der Waals surface area contributed by atoms with Gasteiger partial charge in [0.25, 0.3) is 0 Å². The first-order valence-corrected chi connectivity index (χ1v) is 8.52. The zero-order chi connectivity index (χ0) is 10.2. The van der Waals surface area contributed by atoms with Gasteiger partial charge in [0.15, 0.2) is 0 Å². The number of rotatable bonds is 8. The Kier molecular flexibility index (Phi) is 6.97. The molecule has 0 aliphatic carbocycles. The van der Waals surface area contributed by atoms with Crippen molar-refractivity contribution in [3.63, 3.8) is 0 Å². The summed E-state index contributed by atoms with van der Waals surface area (Å²) < 4.78 is 0. The molecule has 0 N–H and O–H groups in total. The number of hydrogen-bond acceptors (Lipinski definition) is 0. The molecule has 0 aromatic carbocycles. The van der Waals surface area contributed by atoms with Gasteiger partial charge in [-0.15, -0.1) is 13.2 Å². The standard InChI is InChI=1S/C12H24Si/c1-5-8-9-12-13(4,10-6-2)11-7-3/h6-7H,2-3,5,8-12H2,1,4H3. The van der Waals surface area contributed by atoms with E-state index >= 15 is 0 Å². The normalized spacial score (nSPS) is 11.2. The maximum Gasteiger partial charge on any atom is 0.0579 e. The van der Waals surface area contributed by atoms with Crippen molar-refractivity contribution in [3.05, 3.63) is 25.3 Å². The van der Waals surface area contributed by atoms with Crippen molar-refractivity contribution in [1.29, 1.82) is 0 Å². The van der Waals surface area contributed by atoms with Gasteiger partial charge in [-0.1, -0.05) is 50.9 Å². The van der Waals surface area contributed by atoms with Crippen LogP contribution in [0.5, 0.6) is 0 Å². The van der Waals surface area contributed by atoms with E-state index in [4.69, 9.17) is 0 Å². The Morgan fingerprint density at radius 2 is 1.62 bits per heavy atom. The van der Waals surface area contributed by atoms with Gasteiger partial charge in [0.1, 0.15) is 0 Å². The highest BCUT2D eigenvalue weighted by atomic mass is 28.3. The molecule has 0 bridgehead atoms. The average molecular weight is 196 g/mol. The molecule has 0 aromatic heterocycles. The van der Waals surface area contributed by atoms with Gasteiger partial charge < -0.3 is 0 Å². The molecule has 0 aromatic rings. The van der Waals surface area contributed by atoms with Gasteiger partial charge in [0.05, 0.1) is 8.07 Å². The first-order chi connectivity index (χ1) is 6.18. The lowest BCUT2D eigenvalue weighted by molar-refractivity contribution is 0.761. The Morgan fingerprint density at radius 3 is 2.00 bits per heavy atom. The molecule has 0 nitrogen and oxygen atoms in total. The predicted molar refractivity (Wildman–Crippen MR) is 66.0 cm³/mol. The van der Waals surface area contributed by atoms with Gasteiger partial charge in [-0.05, 0) is 12.1 Å². The summed E-state index contributed by atoms with van der Waals surface area (Å²) in [5.74, 6) is 0. The van der Waals surface area contributed by atoms with Gasteiger partial charge in [0.2, 0.25) is 0 Å². The Labute approximate surface area is 84.8 Å². The zero-order valence-electron chi connectivity index (χ0n) is 9.31. The van der Waals surface area contributed by atoms with Crippen LogP contribution in [0.2, 0.25) is 24.7 Å². The largest absolute Gasteiger partial charge is 0.103 e. The van der Waals surface area contributed by atoms with Crippen LogP contribution < -0.4 is 0 Å². The van der Waals surface area contributed by atoms with Crippen molar-refractivity contribution in [3.8, 4) is 0 Å². The molecule has 0 amide bonds. The summed E-state index contributed by atoms with van der Waals surface area (Å²) in [6, 6.07) is 3.95. The third kappa shape index (κ3) is 5.86. The molecule has 0 rings (SSSR count). The molecule has 0 radical (unpaired) electrons. The fourth-order valence-electron chi connectivity index (χ4n) is 1.79. The molecule has 0 heterocycles. The van der Waals surface area contributed by atoms with Crippen LogP contribution in [0.1, 0.15) is 26.2 Å². The van der Waals surface area contributed by atoms with Gasteiger partial charge >= 0.3 is 0 Å². The number of allylic oxidation sites excluding steroid dienone is 2. The van der Waals surface area contributed by atoms with Crippen molar-refractivity contribution in [2.75, 3.05) is 0 Å². The van der Waals surface area contributed by atoms with Gasteiger partial charge in [-0.3, -0.25) is 0 Å². The highest BCUT2D eigenvalue weighted by molar-refractivity contribution is 6.79. The summed E-state index contributed by atoms with van der Waals surface area (Å²) in [4.78, 5) is 0. The Bertz CT molecular complexity index is 139. The second-order valence-corrected chi connectivity index (χ2v) is 9.19. The monoisotopic (exact) mass is 196 g/mol. The van der Waals surface area contributed by atoms with Gasteiger partial charge in [-0.2, -0.15) is 0 Å². The van der Waals surface area contributed by atoms with Crippen molar-refractivity contribution in [2.45, 2.75) is 50.9 Å². The predicted octanol–water partition coefficient (Wildman–Crippen LogP) is 4.63. The minimum atomic E-state index is -1.02. The van der Waals surface area contributed by atoms with Crippen molar-refractivity contribution in [1.82, 2.24) is 0 Å². The molecular weight excluding hydrogens is 172 g/mol. The lowest BCUT2D eigenvalue weighted by Gasteiger charge is -2.24. The van der Waals surface area contributed by atoms with Crippen LogP contribution in [0.15, 0.2) is 25.3 Å². The molecule has 0 saturated heterocycles. The van der Waals surface area contributed by atoms with E-state index in [1.807, 2.05) is 0 Å². The molecule has 0 aliphatic rings. The molecular formula is C12H24Si. The van der Waals surface area contributed by atoms with E-state index in [9.17, 15) is 0 Å². The Balaban J connectivity index is 3.90. The third-order valence-corrected chi connectivity index (χ3v) is 6.77. The average Bonchev–Trinajstić information content (AvgIpc) is 2.05. The first kappa shape index (κ1) is 12.7. The van der Waals surface area contributed by atoms with Crippen LogP contribution in [0.25, 0.3) is 0 Å². The first-order valence-electron chi connectivity index (χ1n) is 5.40. The Morgan fingerprint density at radius 1 is 1.08 bits per heavy atom. The second kappa shape index (κ2) is 7.13. The van der Waals surface area contributed by atoms with Crippen molar-refractivity contribution < 1.29 is 0 Å². The number of unbranched alkanes of at least 4 members (excludes halogenated alkanes) is 2. The highest BCUT2D eigenvalue weighted by Gasteiger charge is 2.22. The lowest BCUT2D eigenvalue weighted by atomic mass is 10.3. The van der Waals surface area contributed by atoms with Crippen molar-refractivity contribution >= 4 is 8.07 Å². The molecule has 0 aliphatic heterocycles. The van der Waals surface area contributed by atoms with E-state index in [1.165, 1.54) is 37.4 Å². The summed E-state index contributed by atoms with van der Waals surface area (Å²) in [7, 11) is -1.02. The van der Waals surface area contributed by atoms with E-state index in [0.717, 1.165) is 0 Å². The molecule has 0 saturated carbocycles. The van der Waals surface area contributed by atoms with E-state index in [-0.39, 0.29) is 0 Å². The molecule has 0 unspecified atom stereocenters. The Hall–Kier alpha value is -0.303. The van der Waals surface area contributed by atoms with Crippen LogP contribution in [0, 0.1) is 0 Å². The third-order valence-electron chi connectivity index (χ3n) is 2.66. The maximum atomic E-state index is 3.86. The maximum absolute atomic E-state index is 3.86. The summed E-state index contributed by atoms with van der Waals surface area (Å²) >= 11 is 0. The minimum Gasteiger partial charge on any atom is -0.103 e. The van der Waals surface area contributed by atoms with Crippen LogP contribution in [-0.2, 0) is 0 Å². The van der Waals surface area contributed by atoms with Gasteiger partial charge in [-0.25, -0.2) is 0 Å². The summed E-state index contributed by atoms with van der Waals surface area (Å²) in [5.41, 5.74) is 0. The van der Waals surface area contributed by atoms with Gasteiger partial charge in [0, 0.05) is 0 Å². The molecule has 1 heteroatoms. The minimum absolute atomic E-state index is 1.02. The quantitative estimate of drug-likeness (QED) is 0.302. The molecule has 0 spiro atoms. The summed E-state index contributed by atoms with van der Waals surface area (Å²) in [5, 5.41) is 0. The summed E-state index contributed by atoms with van der Waals surface area (Å²) in [6.07, 6.45) is 8.31. The van der Waals surface area contributed by atoms with Crippen LogP contribution in [-0.4, -0.2) is 8.07 Å². The van der Waals surface area contributed by atoms with E-state index < -0.39 is 8.07 Å². The molecule has 13 heavy (non-hydrogen) atoms. The number of hydrogen-bond donors (Lipinski definition) is 0. The van der Waals surface area contributed by atoms with E-state index in [1.54, 1.807) is 0 Å². The molecule has 0 atom stereocenters. The fraction of sp³-hybridized carbons (Fsp3) is 0.667. The second-order valence-electron chi connectivity index (χ2n) is 4.25. The molecule has 76 valence electrons. The van der Waals surface area contributed by atoms with E-state index in [2.05, 4.69) is 38.8 Å². The topological polar surface area (TPSA) is 0 Å². The fourth-order valence-corrected chi connectivity index (χ4v) is 4.86. The van der Waals surface area contributed by atoms with Crippen LogP contribution in [0.3, 0.4) is 0 Å². The molecule has 0 fully saturated rings. The van der Waals surface area contributed by atoms with E-state index in [0.29, 0.717) is 0 Å². The smallest absolute Gasteiger partial charge is 0.0579 e. The SMILES string of the molecule is C=CC[Si](C)(CC=C)CCCCC. The lowest BCUT2D eigenvalue weighted by Crippen LogP contribution is -2.27. The van der Waals surface area contributed by atoms with Crippen LogP contribution >= 0.6 is 0 Å².